The number of carbonyl (C=O) groups is 1. The SMILES string of the molecule is Cc1[nH]ncc1S(=O)(=O)N1CCN(C(=O)C(C)C)CC1. The molecule has 112 valence electrons. The summed E-state index contributed by atoms with van der Waals surface area (Å²) in [5.41, 5.74) is 0.533. The van der Waals surface area contributed by atoms with Crippen LogP contribution in [-0.4, -0.2) is 59.9 Å². The average Bonchev–Trinajstić information content (AvgIpc) is 2.85. The molecule has 1 N–H and O–H groups in total. The third kappa shape index (κ3) is 2.71. The van der Waals surface area contributed by atoms with Gasteiger partial charge in [0.05, 0.1) is 11.9 Å². The number of aromatic amines is 1. The number of H-pyrrole nitrogens is 1. The van der Waals surface area contributed by atoms with Crippen molar-refractivity contribution in [3.8, 4) is 0 Å². The largest absolute Gasteiger partial charge is 0.340 e. The number of amides is 1. The van der Waals surface area contributed by atoms with Crippen molar-refractivity contribution < 1.29 is 13.2 Å². The van der Waals surface area contributed by atoms with E-state index in [0.717, 1.165) is 0 Å². The summed E-state index contributed by atoms with van der Waals surface area (Å²) in [7, 11) is -3.52. The van der Waals surface area contributed by atoms with E-state index in [1.807, 2.05) is 13.8 Å². The van der Waals surface area contributed by atoms with Crippen LogP contribution in [0, 0.1) is 12.8 Å². The van der Waals surface area contributed by atoms with Crippen LogP contribution in [0.15, 0.2) is 11.1 Å². The molecule has 7 nitrogen and oxygen atoms in total. The molecule has 1 fully saturated rings. The Morgan fingerprint density at radius 1 is 1.30 bits per heavy atom. The summed E-state index contributed by atoms with van der Waals surface area (Å²) in [5.74, 6) is 0.0100. The number of aromatic nitrogens is 2. The highest BCUT2D eigenvalue weighted by molar-refractivity contribution is 7.89. The Hall–Kier alpha value is -1.41. The Balaban J connectivity index is 2.08. The van der Waals surface area contributed by atoms with Crippen molar-refractivity contribution in [2.24, 2.45) is 5.92 Å². The second-order valence-electron chi connectivity index (χ2n) is 5.24. The van der Waals surface area contributed by atoms with Gasteiger partial charge in [-0.2, -0.15) is 9.40 Å². The molecule has 0 unspecified atom stereocenters. The van der Waals surface area contributed by atoms with Crippen molar-refractivity contribution in [1.82, 2.24) is 19.4 Å². The van der Waals surface area contributed by atoms with E-state index in [1.165, 1.54) is 10.5 Å². The lowest BCUT2D eigenvalue weighted by molar-refractivity contribution is -0.135. The second-order valence-corrected chi connectivity index (χ2v) is 7.15. The maximum Gasteiger partial charge on any atom is 0.246 e. The maximum absolute atomic E-state index is 12.4. The Morgan fingerprint density at radius 3 is 2.35 bits per heavy atom. The molecular weight excluding hydrogens is 280 g/mol. The number of hydrogen-bond acceptors (Lipinski definition) is 4. The molecule has 20 heavy (non-hydrogen) atoms. The van der Waals surface area contributed by atoms with Crippen LogP contribution in [0.1, 0.15) is 19.5 Å². The summed E-state index contributed by atoms with van der Waals surface area (Å²) >= 11 is 0. The van der Waals surface area contributed by atoms with Gasteiger partial charge < -0.3 is 4.90 Å². The van der Waals surface area contributed by atoms with Gasteiger partial charge in [-0.25, -0.2) is 8.42 Å². The topological polar surface area (TPSA) is 86.4 Å². The third-order valence-corrected chi connectivity index (χ3v) is 5.46. The van der Waals surface area contributed by atoms with Gasteiger partial charge >= 0.3 is 0 Å². The van der Waals surface area contributed by atoms with Crippen LogP contribution in [0.3, 0.4) is 0 Å². The molecule has 0 aromatic carbocycles. The van der Waals surface area contributed by atoms with Crippen LogP contribution in [-0.2, 0) is 14.8 Å². The van der Waals surface area contributed by atoms with E-state index in [2.05, 4.69) is 10.2 Å². The Kier molecular flexibility index (Phi) is 4.14. The first-order valence-electron chi connectivity index (χ1n) is 6.63. The van der Waals surface area contributed by atoms with Gasteiger partial charge in [-0.15, -0.1) is 0 Å². The van der Waals surface area contributed by atoms with Crippen molar-refractivity contribution in [2.75, 3.05) is 26.2 Å². The molecule has 1 aliphatic rings. The summed E-state index contributed by atoms with van der Waals surface area (Å²) in [6.07, 6.45) is 1.33. The highest BCUT2D eigenvalue weighted by atomic mass is 32.2. The van der Waals surface area contributed by atoms with E-state index in [4.69, 9.17) is 0 Å². The molecule has 2 rings (SSSR count). The molecule has 1 amide bonds. The van der Waals surface area contributed by atoms with Gasteiger partial charge in [0.25, 0.3) is 0 Å². The first kappa shape index (κ1) is 15.0. The molecule has 0 bridgehead atoms. The lowest BCUT2D eigenvalue weighted by Crippen LogP contribution is -2.51. The fourth-order valence-corrected chi connectivity index (χ4v) is 3.79. The molecule has 1 saturated heterocycles. The average molecular weight is 300 g/mol. The second kappa shape index (κ2) is 5.53. The summed E-state index contributed by atoms with van der Waals surface area (Å²) in [4.78, 5) is 13.8. The highest BCUT2D eigenvalue weighted by Crippen LogP contribution is 2.19. The van der Waals surface area contributed by atoms with Crippen molar-refractivity contribution in [1.29, 1.82) is 0 Å². The molecular formula is C12H20N4O3S. The van der Waals surface area contributed by atoms with Gasteiger partial charge in [-0.3, -0.25) is 9.89 Å². The molecule has 2 heterocycles. The first-order valence-corrected chi connectivity index (χ1v) is 8.07. The fraction of sp³-hybridized carbons (Fsp3) is 0.667. The lowest BCUT2D eigenvalue weighted by Gasteiger charge is -2.34. The monoisotopic (exact) mass is 300 g/mol. The van der Waals surface area contributed by atoms with E-state index in [-0.39, 0.29) is 16.7 Å². The Bertz CT molecular complexity index is 586. The van der Waals surface area contributed by atoms with Crippen molar-refractivity contribution in [2.45, 2.75) is 25.7 Å². The quantitative estimate of drug-likeness (QED) is 0.864. The van der Waals surface area contributed by atoms with Crippen LogP contribution in [0.2, 0.25) is 0 Å². The van der Waals surface area contributed by atoms with Gasteiger partial charge in [0, 0.05) is 32.1 Å². The minimum absolute atomic E-state index is 0.0609. The number of rotatable bonds is 3. The molecule has 1 aliphatic heterocycles. The minimum Gasteiger partial charge on any atom is -0.340 e. The third-order valence-electron chi connectivity index (χ3n) is 3.45. The van der Waals surface area contributed by atoms with Crippen molar-refractivity contribution >= 4 is 15.9 Å². The zero-order chi connectivity index (χ0) is 14.9. The number of nitrogens with zero attached hydrogens (tertiary/aromatic N) is 3. The van der Waals surface area contributed by atoms with E-state index in [1.54, 1.807) is 11.8 Å². The standard InChI is InChI=1S/C12H20N4O3S/c1-9(2)12(17)15-4-6-16(7-5-15)20(18,19)11-8-13-14-10(11)3/h8-9H,4-7H2,1-3H3,(H,13,14). The highest BCUT2D eigenvalue weighted by Gasteiger charge is 2.32. The van der Waals surface area contributed by atoms with Crippen LogP contribution >= 0.6 is 0 Å². The van der Waals surface area contributed by atoms with Crippen molar-refractivity contribution in [3.63, 3.8) is 0 Å². The zero-order valence-corrected chi connectivity index (χ0v) is 12.8. The smallest absolute Gasteiger partial charge is 0.246 e. The van der Waals surface area contributed by atoms with Crippen LogP contribution in [0.4, 0.5) is 0 Å². The normalized spacial score (nSPS) is 17.7. The van der Waals surface area contributed by atoms with Gasteiger partial charge in [-0.05, 0) is 6.92 Å². The van der Waals surface area contributed by atoms with E-state index in [9.17, 15) is 13.2 Å². The van der Waals surface area contributed by atoms with E-state index >= 15 is 0 Å². The van der Waals surface area contributed by atoms with Gasteiger partial charge in [-0.1, -0.05) is 13.8 Å². The summed E-state index contributed by atoms with van der Waals surface area (Å²) < 4.78 is 26.3. The summed E-state index contributed by atoms with van der Waals surface area (Å²) in [5, 5.41) is 6.39. The predicted molar refractivity (Wildman–Crippen MR) is 73.5 cm³/mol. The minimum atomic E-state index is -3.52. The van der Waals surface area contributed by atoms with E-state index < -0.39 is 10.0 Å². The van der Waals surface area contributed by atoms with Crippen LogP contribution in [0.5, 0.6) is 0 Å². The number of sulfonamides is 1. The number of hydrogen-bond donors (Lipinski definition) is 1. The molecule has 0 radical (unpaired) electrons. The molecule has 1 aromatic rings. The molecule has 0 atom stereocenters. The van der Waals surface area contributed by atoms with Crippen LogP contribution < -0.4 is 0 Å². The number of piperazine rings is 1. The molecule has 0 aliphatic carbocycles. The zero-order valence-electron chi connectivity index (χ0n) is 12.0. The number of carbonyl (C=O) groups excluding carboxylic acids is 1. The van der Waals surface area contributed by atoms with Gasteiger partial charge in [0.1, 0.15) is 4.90 Å². The molecule has 1 aromatic heterocycles. The predicted octanol–water partition coefficient (Wildman–Crippen LogP) is 0.207. The Morgan fingerprint density at radius 2 is 1.90 bits per heavy atom. The molecule has 0 spiro atoms. The van der Waals surface area contributed by atoms with Crippen LogP contribution in [0.25, 0.3) is 0 Å². The number of aryl methyl sites for hydroxylation is 1. The van der Waals surface area contributed by atoms with E-state index in [0.29, 0.717) is 31.9 Å². The summed E-state index contributed by atoms with van der Waals surface area (Å²) in [6.45, 7) is 6.90. The maximum atomic E-state index is 12.4. The molecule has 0 saturated carbocycles. The Labute approximate surface area is 119 Å². The van der Waals surface area contributed by atoms with Gasteiger partial charge in [0.15, 0.2) is 0 Å². The van der Waals surface area contributed by atoms with Gasteiger partial charge in [0.2, 0.25) is 15.9 Å². The first-order chi connectivity index (χ1) is 9.34. The van der Waals surface area contributed by atoms with Crippen molar-refractivity contribution in [3.05, 3.63) is 11.9 Å². The lowest BCUT2D eigenvalue weighted by atomic mass is 10.2. The fourth-order valence-electron chi connectivity index (χ4n) is 2.25. The number of nitrogens with one attached hydrogen (secondary N) is 1. The summed E-state index contributed by atoms with van der Waals surface area (Å²) in [6, 6.07) is 0. The molecule has 8 heteroatoms.